The largest absolute Gasteiger partial charge is 0.465 e. The SMILES string of the molecule is COC(=O)c1cnc2c(ccc3ccccc32)c1Br. The molecule has 3 nitrogen and oxygen atoms in total. The fraction of sp³-hybridized carbons (Fsp3) is 0.0667. The predicted molar refractivity (Wildman–Crippen MR) is 78.3 cm³/mol. The lowest BCUT2D eigenvalue weighted by atomic mass is 10.1. The molecule has 3 rings (SSSR count). The van der Waals surface area contributed by atoms with Crippen molar-refractivity contribution in [2.24, 2.45) is 0 Å². The second-order valence-electron chi connectivity index (χ2n) is 4.16. The highest BCUT2D eigenvalue weighted by Crippen LogP contribution is 2.31. The molecule has 1 heterocycles. The third kappa shape index (κ3) is 1.88. The van der Waals surface area contributed by atoms with E-state index >= 15 is 0 Å². The van der Waals surface area contributed by atoms with Gasteiger partial charge in [-0.05, 0) is 21.3 Å². The Labute approximate surface area is 118 Å². The van der Waals surface area contributed by atoms with Crippen LogP contribution in [-0.2, 0) is 4.74 Å². The molecular formula is C15H10BrNO2. The Morgan fingerprint density at radius 1 is 1.16 bits per heavy atom. The van der Waals surface area contributed by atoms with Crippen LogP contribution in [0.3, 0.4) is 0 Å². The molecule has 94 valence electrons. The molecule has 3 aromatic rings. The number of nitrogens with zero attached hydrogens (tertiary/aromatic N) is 1. The molecule has 0 radical (unpaired) electrons. The van der Waals surface area contributed by atoms with Gasteiger partial charge in [0.15, 0.2) is 0 Å². The Balaban J connectivity index is 2.39. The van der Waals surface area contributed by atoms with Crippen LogP contribution in [0.25, 0.3) is 21.7 Å². The summed E-state index contributed by atoms with van der Waals surface area (Å²) in [5.41, 5.74) is 1.31. The molecule has 0 unspecified atom stereocenters. The summed E-state index contributed by atoms with van der Waals surface area (Å²) in [6.45, 7) is 0. The van der Waals surface area contributed by atoms with Gasteiger partial charge in [0.25, 0.3) is 0 Å². The van der Waals surface area contributed by atoms with Crippen molar-refractivity contribution in [1.82, 2.24) is 4.98 Å². The molecule has 0 saturated heterocycles. The van der Waals surface area contributed by atoms with Crippen molar-refractivity contribution in [2.75, 3.05) is 7.11 Å². The number of hydrogen-bond donors (Lipinski definition) is 0. The number of esters is 1. The molecule has 0 aliphatic carbocycles. The number of ether oxygens (including phenoxy) is 1. The van der Waals surface area contributed by atoms with E-state index in [0.29, 0.717) is 5.56 Å². The van der Waals surface area contributed by atoms with Crippen LogP contribution in [0.2, 0.25) is 0 Å². The number of hydrogen-bond acceptors (Lipinski definition) is 3. The number of pyridine rings is 1. The normalized spacial score (nSPS) is 10.8. The van der Waals surface area contributed by atoms with Gasteiger partial charge in [-0.15, -0.1) is 0 Å². The fourth-order valence-corrected chi connectivity index (χ4v) is 2.74. The molecule has 0 bridgehead atoms. The van der Waals surface area contributed by atoms with E-state index in [1.165, 1.54) is 7.11 Å². The Hall–Kier alpha value is -1.94. The number of carbonyl (C=O) groups excluding carboxylic acids is 1. The van der Waals surface area contributed by atoms with E-state index < -0.39 is 5.97 Å². The summed E-state index contributed by atoms with van der Waals surface area (Å²) >= 11 is 3.47. The number of carbonyl (C=O) groups is 1. The number of fused-ring (bicyclic) bond motifs is 3. The van der Waals surface area contributed by atoms with Gasteiger partial charge in [0.05, 0.1) is 18.2 Å². The summed E-state index contributed by atoms with van der Waals surface area (Å²) in [5.74, 6) is -0.394. The van der Waals surface area contributed by atoms with E-state index in [-0.39, 0.29) is 0 Å². The maximum Gasteiger partial charge on any atom is 0.340 e. The fourth-order valence-electron chi connectivity index (χ4n) is 2.15. The van der Waals surface area contributed by atoms with Gasteiger partial charge in [0.2, 0.25) is 0 Å². The first-order chi connectivity index (χ1) is 9.22. The Morgan fingerprint density at radius 2 is 1.95 bits per heavy atom. The van der Waals surface area contributed by atoms with Gasteiger partial charge in [0, 0.05) is 21.4 Å². The zero-order chi connectivity index (χ0) is 13.4. The molecule has 0 spiro atoms. The Kier molecular flexibility index (Phi) is 2.95. The minimum atomic E-state index is -0.394. The molecule has 0 saturated carbocycles. The van der Waals surface area contributed by atoms with Crippen molar-refractivity contribution in [1.29, 1.82) is 0 Å². The van der Waals surface area contributed by atoms with E-state index in [9.17, 15) is 4.79 Å². The standard InChI is InChI=1S/C15H10BrNO2/c1-19-15(18)12-8-17-14-10-5-3-2-4-9(10)6-7-11(14)13(12)16/h2-8H,1H3. The zero-order valence-electron chi connectivity index (χ0n) is 10.2. The van der Waals surface area contributed by atoms with Crippen LogP contribution in [0.1, 0.15) is 10.4 Å². The van der Waals surface area contributed by atoms with Crippen molar-refractivity contribution in [3.8, 4) is 0 Å². The van der Waals surface area contributed by atoms with Crippen molar-refractivity contribution in [3.63, 3.8) is 0 Å². The topological polar surface area (TPSA) is 39.2 Å². The smallest absolute Gasteiger partial charge is 0.340 e. The van der Waals surface area contributed by atoms with E-state index in [1.807, 2.05) is 36.4 Å². The highest BCUT2D eigenvalue weighted by atomic mass is 79.9. The highest BCUT2D eigenvalue weighted by Gasteiger charge is 2.14. The zero-order valence-corrected chi connectivity index (χ0v) is 11.8. The van der Waals surface area contributed by atoms with Crippen molar-refractivity contribution in [2.45, 2.75) is 0 Å². The van der Waals surface area contributed by atoms with Crippen LogP contribution in [-0.4, -0.2) is 18.1 Å². The number of aromatic nitrogens is 1. The molecule has 19 heavy (non-hydrogen) atoms. The summed E-state index contributed by atoms with van der Waals surface area (Å²) in [5, 5.41) is 3.10. The molecule has 0 atom stereocenters. The van der Waals surface area contributed by atoms with Gasteiger partial charge in [-0.1, -0.05) is 36.4 Å². The first kappa shape index (κ1) is 12.1. The Morgan fingerprint density at radius 3 is 2.74 bits per heavy atom. The second-order valence-corrected chi connectivity index (χ2v) is 4.95. The average molecular weight is 316 g/mol. The molecule has 0 fully saturated rings. The molecular weight excluding hydrogens is 306 g/mol. The van der Waals surface area contributed by atoms with Crippen molar-refractivity contribution >= 4 is 43.6 Å². The summed E-state index contributed by atoms with van der Waals surface area (Å²) in [6, 6.07) is 12.0. The van der Waals surface area contributed by atoms with Crippen molar-refractivity contribution in [3.05, 3.63) is 52.6 Å². The van der Waals surface area contributed by atoms with Gasteiger partial charge in [0.1, 0.15) is 0 Å². The molecule has 0 N–H and O–H groups in total. The first-order valence-electron chi connectivity index (χ1n) is 5.76. The summed E-state index contributed by atoms with van der Waals surface area (Å²) in [4.78, 5) is 16.1. The van der Waals surface area contributed by atoms with Crippen LogP contribution in [0.5, 0.6) is 0 Å². The molecule has 0 aliphatic heterocycles. The Bertz CT molecular complexity index is 799. The van der Waals surface area contributed by atoms with E-state index in [1.54, 1.807) is 6.20 Å². The molecule has 4 heteroatoms. The van der Waals surface area contributed by atoms with Gasteiger partial charge < -0.3 is 4.74 Å². The highest BCUT2D eigenvalue weighted by molar-refractivity contribution is 9.10. The van der Waals surface area contributed by atoms with Gasteiger partial charge in [-0.25, -0.2) is 4.79 Å². The molecule has 0 aliphatic rings. The minimum absolute atomic E-state index is 0.394. The first-order valence-corrected chi connectivity index (χ1v) is 6.56. The minimum Gasteiger partial charge on any atom is -0.465 e. The van der Waals surface area contributed by atoms with Crippen LogP contribution in [0, 0.1) is 0 Å². The lowest BCUT2D eigenvalue weighted by molar-refractivity contribution is 0.0599. The van der Waals surface area contributed by atoms with E-state index in [0.717, 1.165) is 26.1 Å². The van der Waals surface area contributed by atoms with Crippen LogP contribution < -0.4 is 0 Å². The van der Waals surface area contributed by atoms with Crippen LogP contribution in [0.4, 0.5) is 0 Å². The van der Waals surface area contributed by atoms with Gasteiger partial charge in [-0.3, -0.25) is 4.98 Å². The van der Waals surface area contributed by atoms with Gasteiger partial charge >= 0.3 is 5.97 Å². The lowest BCUT2D eigenvalue weighted by Crippen LogP contribution is -2.03. The maximum atomic E-state index is 11.6. The summed E-state index contributed by atoms with van der Waals surface area (Å²) < 4.78 is 5.46. The maximum absolute atomic E-state index is 11.6. The van der Waals surface area contributed by atoms with Crippen LogP contribution >= 0.6 is 15.9 Å². The van der Waals surface area contributed by atoms with Crippen molar-refractivity contribution < 1.29 is 9.53 Å². The number of methoxy groups -OCH3 is 1. The average Bonchev–Trinajstić information content (AvgIpc) is 2.46. The molecule has 1 aromatic heterocycles. The van der Waals surface area contributed by atoms with E-state index in [4.69, 9.17) is 4.74 Å². The number of benzene rings is 2. The predicted octanol–water partition coefficient (Wildman–Crippen LogP) is 3.94. The monoisotopic (exact) mass is 315 g/mol. The number of halogens is 1. The third-order valence-electron chi connectivity index (χ3n) is 3.10. The lowest BCUT2D eigenvalue weighted by Gasteiger charge is -2.08. The van der Waals surface area contributed by atoms with Gasteiger partial charge in [-0.2, -0.15) is 0 Å². The quantitative estimate of drug-likeness (QED) is 0.504. The second kappa shape index (κ2) is 4.63. The van der Waals surface area contributed by atoms with E-state index in [2.05, 4.69) is 20.9 Å². The van der Waals surface area contributed by atoms with Crippen LogP contribution in [0.15, 0.2) is 47.1 Å². The summed E-state index contributed by atoms with van der Waals surface area (Å²) in [6.07, 6.45) is 1.55. The summed E-state index contributed by atoms with van der Waals surface area (Å²) in [7, 11) is 1.36. The molecule has 0 amide bonds. The third-order valence-corrected chi connectivity index (χ3v) is 3.96. The number of rotatable bonds is 1. The molecule has 2 aromatic carbocycles.